The molecule has 22 heterocycles. The van der Waals surface area contributed by atoms with Crippen molar-refractivity contribution in [1.29, 1.82) is 0 Å². The van der Waals surface area contributed by atoms with E-state index in [1.165, 1.54) is 159 Å². The molecule has 15 heteroatoms. The van der Waals surface area contributed by atoms with Gasteiger partial charge in [-0.2, -0.15) is 0 Å². The van der Waals surface area contributed by atoms with Crippen LogP contribution in [-0.2, 0) is 5.41 Å². The van der Waals surface area contributed by atoms with Crippen LogP contribution in [0.4, 0.5) is 11.4 Å². The van der Waals surface area contributed by atoms with Gasteiger partial charge in [-0.3, -0.25) is 9.80 Å². The molecular formula is C114H122N10O5. The molecule has 129 heavy (non-hydrogen) atoms. The molecule has 29 rings (SSSR count). The molecule has 10 saturated heterocycles. The summed E-state index contributed by atoms with van der Waals surface area (Å²) >= 11 is 0. The average Bonchev–Trinajstić information content (AvgIpc) is 1.52. The van der Waals surface area contributed by atoms with E-state index in [2.05, 4.69) is 310 Å². The van der Waals surface area contributed by atoms with Crippen LogP contribution < -0.4 is 9.80 Å². The first-order chi connectivity index (χ1) is 62.5. The van der Waals surface area contributed by atoms with Crippen molar-refractivity contribution in [2.45, 2.75) is 240 Å². The Hall–Kier alpha value is -11.2. The lowest BCUT2D eigenvalue weighted by molar-refractivity contribution is -0.0267. The van der Waals surface area contributed by atoms with Crippen LogP contribution in [0.5, 0.6) is 0 Å². The van der Waals surface area contributed by atoms with Crippen molar-refractivity contribution >= 4 is 122 Å². The average molecular weight is 1710 g/mol. The van der Waals surface area contributed by atoms with E-state index in [9.17, 15) is 1.37 Å². The molecule has 14 atom stereocenters. The van der Waals surface area contributed by atoms with E-state index in [4.69, 9.17) is 22.1 Å². The van der Waals surface area contributed by atoms with Gasteiger partial charge in [-0.25, -0.2) is 24.9 Å². The number of fused-ring (bicyclic) bond motifs is 33. The smallest absolute Gasteiger partial charge is 0.227 e. The zero-order valence-corrected chi connectivity index (χ0v) is 78.6. The Labute approximate surface area is 758 Å². The van der Waals surface area contributed by atoms with Gasteiger partial charge in [0.1, 0.15) is 27.9 Å². The van der Waals surface area contributed by atoms with Gasteiger partial charge >= 0.3 is 0 Å². The Morgan fingerprint density at radius 3 is 1.15 bits per heavy atom. The minimum Gasteiger partial charge on any atom is -0.437 e. The Kier molecular flexibility index (Phi) is 19.0. The minimum absolute atomic E-state index is 0.0627. The Morgan fingerprint density at radius 1 is 0.341 bits per heavy atom. The van der Waals surface area contributed by atoms with Crippen molar-refractivity contribution in [2.75, 3.05) is 55.6 Å². The largest absolute Gasteiger partial charge is 0.437 e. The van der Waals surface area contributed by atoms with E-state index in [0.29, 0.717) is 64.9 Å². The summed E-state index contributed by atoms with van der Waals surface area (Å²) < 4.78 is 41.3. The van der Waals surface area contributed by atoms with Crippen molar-refractivity contribution in [2.24, 2.45) is 17.3 Å². The molecule has 0 amide bonds. The summed E-state index contributed by atoms with van der Waals surface area (Å²) in [5.74, 6) is 2.93. The molecule has 17 aromatic rings. The highest BCUT2D eigenvalue weighted by Gasteiger charge is 2.59. The Morgan fingerprint density at radius 2 is 0.721 bits per heavy atom. The number of benzene rings is 7. The van der Waals surface area contributed by atoms with Gasteiger partial charge in [0.2, 0.25) is 28.6 Å². The van der Waals surface area contributed by atoms with Crippen LogP contribution in [-0.4, -0.2) is 121 Å². The highest BCUT2D eigenvalue weighted by Crippen LogP contribution is 2.63. The number of anilines is 2. The van der Waals surface area contributed by atoms with Crippen LogP contribution in [0.1, 0.15) is 227 Å². The van der Waals surface area contributed by atoms with Crippen molar-refractivity contribution in [1.82, 2.24) is 39.6 Å². The fraction of sp³-hybridized carbons (Fsp3) is 0.412. The van der Waals surface area contributed by atoms with Crippen LogP contribution >= 0.6 is 0 Å². The van der Waals surface area contributed by atoms with Crippen molar-refractivity contribution in [3.63, 3.8) is 0 Å². The number of aromatic nitrogens is 5. The van der Waals surface area contributed by atoms with Gasteiger partial charge < -0.3 is 36.8 Å². The summed E-state index contributed by atoms with van der Waals surface area (Å²) in [5.41, 5.74) is 33.3. The van der Waals surface area contributed by atoms with Gasteiger partial charge in [0, 0.05) is 213 Å². The number of hydrogen-bond donors (Lipinski definition) is 0. The number of furan rings is 5. The quantitative estimate of drug-likeness (QED) is 0.161. The van der Waals surface area contributed by atoms with Crippen LogP contribution in [0.3, 0.4) is 0 Å². The third-order valence-corrected chi connectivity index (χ3v) is 34.1. The van der Waals surface area contributed by atoms with Crippen LogP contribution in [0.15, 0.2) is 192 Å². The highest BCUT2D eigenvalue weighted by atomic mass is 16.4. The number of pyridine rings is 5. The lowest BCUT2D eigenvalue weighted by Gasteiger charge is -2.56. The molecule has 10 bridgehead atoms. The molecule has 0 spiro atoms. The summed E-state index contributed by atoms with van der Waals surface area (Å²) in [5, 5.41) is 11.5. The van der Waals surface area contributed by atoms with Crippen LogP contribution in [0.2, 0.25) is 0 Å². The zero-order valence-electron chi connectivity index (χ0n) is 79.6. The number of nitrogens with zero attached hydrogens (tertiary/aromatic N) is 10. The molecule has 12 aliphatic heterocycles. The second-order valence-corrected chi connectivity index (χ2v) is 41.6. The van der Waals surface area contributed by atoms with E-state index < -0.39 is 5.89 Å². The molecule has 10 aromatic heterocycles. The van der Waals surface area contributed by atoms with Crippen molar-refractivity contribution in [3.05, 3.63) is 265 Å². The Bertz CT molecular complexity index is 7300. The van der Waals surface area contributed by atoms with E-state index in [1.807, 2.05) is 40.7 Å². The number of hydrogen-bond acceptors (Lipinski definition) is 15. The Balaban J connectivity index is 0.0000000927. The molecule has 12 aliphatic rings. The third kappa shape index (κ3) is 12.5. The van der Waals surface area contributed by atoms with Gasteiger partial charge in [0.05, 0.1) is 0 Å². The molecule has 15 nitrogen and oxygen atoms in total. The minimum atomic E-state index is -0.655. The zero-order chi connectivity index (χ0) is 89.7. The summed E-state index contributed by atoms with van der Waals surface area (Å²) in [6, 6.07) is 63.0. The van der Waals surface area contributed by atoms with E-state index in [0.717, 1.165) is 136 Å². The third-order valence-electron chi connectivity index (χ3n) is 34.1. The lowest BCUT2D eigenvalue weighted by atomic mass is 9.60. The molecule has 0 N–H and O–H groups in total. The maximum absolute atomic E-state index is 9.52. The van der Waals surface area contributed by atoms with Gasteiger partial charge in [0.25, 0.3) is 0 Å². The fourth-order valence-electron chi connectivity index (χ4n) is 27.5. The summed E-state index contributed by atoms with van der Waals surface area (Å²) in [6.07, 6.45) is 6.51. The van der Waals surface area contributed by atoms with Crippen molar-refractivity contribution in [3.8, 4) is 0 Å². The van der Waals surface area contributed by atoms with Gasteiger partial charge in [-0.1, -0.05) is 111 Å². The predicted molar refractivity (Wildman–Crippen MR) is 526 cm³/mol. The summed E-state index contributed by atoms with van der Waals surface area (Å²) in [7, 11) is 0. The van der Waals surface area contributed by atoms with Crippen LogP contribution in [0.25, 0.3) is 110 Å². The van der Waals surface area contributed by atoms with E-state index in [-0.39, 0.29) is 22.9 Å². The normalized spacial score (nSPS) is 28.8. The number of para-hydroxylation sites is 2. The molecule has 10 fully saturated rings. The van der Waals surface area contributed by atoms with E-state index >= 15 is 0 Å². The molecule has 7 aromatic carbocycles. The molecular weight excluding hydrogens is 1590 g/mol. The SMILES string of the molecule is Cc1ccc2c(n1)oc1c(C3C(C)N4CC3(C)c3ccccc34)c(C)ccc12.Cc1ccc2c(n1)oc1c(C3C(C)N4CCC3(C)CC4)c(C)ccc12.Cc1ccc2c(n1)oc1c(C3C(C)N4CCC3C4(C)C)c(C)ccc12.Cc1ccc2c(n1)oc1c(C3C4CCN(CC4)C3C)c(C)ccc12.[2H]C12CN(c3ccccc31)C(C)C2c1c(C)ccc2c1oc1nc(C)ccc12. The molecule has 14 unspecified atom stereocenters. The monoisotopic (exact) mass is 1710 g/mol. The first kappa shape index (κ1) is 81.0. The predicted octanol–water partition coefficient (Wildman–Crippen LogP) is 26.7. The summed E-state index contributed by atoms with van der Waals surface area (Å²) in [4.78, 5) is 36.2. The topological polar surface area (TPSA) is 146 Å². The number of rotatable bonds is 5. The van der Waals surface area contributed by atoms with E-state index in [1.54, 1.807) is 0 Å². The molecule has 658 valence electrons. The molecule has 0 radical (unpaired) electrons. The number of aryl methyl sites for hydroxylation is 10. The second kappa shape index (κ2) is 30.2. The second-order valence-electron chi connectivity index (χ2n) is 41.6. The standard InChI is InChI=1S/C25H24N2O.C24H22N2O.2C22H26N2O.C21H24N2O/c1-14-9-11-17-18-12-10-15(2)26-24(18)28-23(17)21(14)22-16(3)27-13-25(22,4)19-7-5-6-8-20(19)27;1-13-8-10-17-18-11-9-14(2)25-24(18)27-23(17)21(13)22-15(3)26-12-19(22)16-6-4-5-7-20(16)26;1-12-6-8-15-16-9-7-13(2)23-21(16)25-20(15)18(12)19-14(3)24-11-10-17(19)22(24,4)5;1-13-5-7-16-17-8-6-14(2)23-21(17)25-20(16)18(13)19-15(3)24-11-9-22(19,4)10-12-24;1-12-4-6-16-17-7-5-13(2)22-21(17)24-20(16)18(12)19-14(3)23-10-8-15(19)9-11-23/h5-12,16,22H,13H2,1-4H3;4-11,15,19,22H,12H2,1-3H3;6-9,14,17,19H,10-11H2,1-5H3;5-8,15,19H,9-12H2,1-4H3;4-7,14-15,19H,8-11H2,1-3H3/i;19D;;;. The van der Waals surface area contributed by atoms with Crippen LogP contribution in [0, 0.1) is 86.5 Å². The number of piperidine rings is 7. The molecule has 0 saturated carbocycles. The van der Waals surface area contributed by atoms with Gasteiger partial charge in [-0.15, -0.1) is 0 Å². The van der Waals surface area contributed by atoms with Crippen molar-refractivity contribution < 1.29 is 23.5 Å². The lowest BCUT2D eigenvalue weighted by Crippen LogP contribution is -2.57. The first-order valence-corrected chi connectivity index (χ1v) is 47.9. The fourth-order valence-corrected chi connectivity index (χ4v) is 27.5. The van der Waals surface area contributed by atoms with Gasteiger partial charge in [-0.05, 0) is 312 Å². The maximum Gasteiger partial charge on any atom is 0.227 e. The molecule has 0 aliphatic carbocycles. The maximum atomic E-state index is 9.52. The summed E-state index contributed by atoms with van der Waals surface area (Å²) in [6.45, 7) is 50.8. The van der Waals surface area contributed by atoms with Gasteiger partial charge in [0.15, 0.2) is 0 Å². The highest BCUT2D eigenvalue weighted by molar-refractivity contribution is 6.09. The first-order valence-electron chi connectivity index (χ1n) is 48.4.